The second-order valence-corrected chi connectivity index (χ2v) is 7.36. The summed E-state index contributed by atoms with van der Waals surface area (Å²) in [6, 6.07) is 0. The van der Waals surface area contributed by atoms with Crippen LogP contribution in [0.2, 0.25) is 0 Å². The average molecular weight is 351 g/mol. The first-order valence-electron chi connectivity index (χ1n) is 7.90. The van der Waals surface area contributed by atoms with Crippen LogP contribution >= 0.6 is 11.6 Å². The molecular formula is C17H22ClF3O2. The van der Waals surface area contributed by atoms with Gasteiger partial charge in [-0.25, -0.2) is 0 Å². The molecule has 0 saturated heterocycles. The average Bonchev–Trinajstić information content (AvgIpc) is 2.76. The van der Waals surface area contributed by atoms with Gasteiger partial charge in [-0.2, -0.15) is 13.2 Å². The number of carbonyl (C=O) groups excluding carboxylic acids is 1. The molecule has 1 fully saturated rings. The summed E-state index contributed by atoms with van der Waals surface area (Å²) in [6.45, 7) is 5.61. The van der Waals surface area contributed by atoms with Crippen LogP contribution in [0.5, 0.6) is 0 Å². The summed E-state index contributed by atoms with van der Waals surface area (Å²) in [6.07, 6.45) is 1.76. The molecule has 0 aromatic heterocycles. The quantitative estimate of drug-likeness (QED) is 0.492. The van der Waals surface area contributed by atoms with Crippen molar-refractivity contribution in [3.8, 4) is 0 Å². The minimum absolute atomic E-state index is 0.178. The van der Waals surface area contributed by atoms with E-state index in [4.69, 9.17) is 16.3 Å². The molecule has 2 nitrogen and oxygen atoms in total. The molecular weight excluding hydrogens is 329 g/mol. The second-order valence-electron chi connectivity index (χ2n) is 6.95. The second kappa shape index (κ2) is 6.50. The van der Waals surface area contributed by atoms with Crippen molar-refractivity contribution in [3.63, 3.8) is 0 Å². The topological polar surface area (TPSA) is 26.3 Å². The summed E-state index contributed by atoms with van der Waals surface area (Å²) >= 11 is 5.29. The van der Waals surface area contributed by atoms with E-state index in [0.717, 1.165) is 25.3 Å². The van der Waals surface area contributed by atoms with Crippen LogP contribution < -0.4 is 0 Å². The zero-order chi connectivity index (χ0) is 17.4. The van der Waals surface area contributed by atoms with Gasteiger partial charge in [0.15, 0.2) is 0 Å². The predicted molar refractivity (Wildman–Crippen MR) is 82.9 cm³/mol. The molecule has 0 aromatic carbocycles. The standard InChI is InChI=1S/C17H22ClF3O2/c1-4-5-10-6-7-11(8-10)23-15(22)14-12(16(14,2)3)9-13(18)17(19,20)21/h6,9,11-12,14H,4-5,7-8H2,1-3H3/b13-9-/t11?,12-,14-/m1/s1. The van der Waals surface area contributed by atoms with Gasteiger partial charge in [0.2, 0.25) is 0 Å². The molecule has 130 valence electrons. The number of hydrogen-bond acceptors (Lipinski definition) is 2. The molecule has 2 rings (SSSR count). The van der Waals surface area contributed by atoms with E-state index in [2.05, 4.69) is 13.0 Å². The lowest BCUT2D eigenvalue weighted by atomic mass is 10.1. The normalized spacial score (nSPS) is 30.1. The minimum atomic E-state index is -4.57. The summed E-state index contributed by atoms with van der Waals surface area (Å²) in [5.74, 6) is -1.51. The number of esters is 1. The fourth-order valence-corrected chi connectivity index (χ4v) is 3.44. The van der Waals surface area contributed by atoms with Crippen molar-refractivity contribution in [2.24, 2.45) is 17.3 Å². The van der Waals surface area contributed by atoms with E-state index < -0.39 is 34.4 Å². The van der Waals surface area contributed by atoms with Crippen molar-refractivity contribution in [1.82, 2.24) is 0 Å². The van der Waals surface area contributed by atoms with E-state index in [-0.39, 0.29) is 6.10 Å². The van der Waals surface area contributed by atoms with Crippen molar-refractivity contribution < 1.29 is 22.7 Å². The number of hydrogen-bond donors (Lipinski definition) is 0. The SMILES string of the molecule is CCCC1=CCC(OC(=O)[C@H]2[C@@H](/C=C(\Cl)C(F)(F)F)C2(C)C)C1. The first-order valence-corrected chi connectivity index (χ1v) is 8.28. The molecule has 2 aliphatic rings. The van der Waals surface area contributed by atoms with E-state index in [1.165, 1.54) is 5.57 Å². The highest BCUT2D eigenvalue weighted by Gasteiger charge is 2.62. The van der Waals surface area contributed by atoms with Crippen molar-refractivity contribution >= 4 is 17.6 Å². The smallest absolute Gasteiger partial charge is 0.426 e. The number of allylic oxidation sites excluding steroid dienone is 2. The van der Waals surface area contributed by atoms with E-state index in [9.17, 15) is 18.0 Å². The molecule has 6 heteroatoms. The molecule has 0 aliphatic heterocycles. The fourth-order valence-electron chi connectivity index (χ4n) is 3.30. The Morgan fingerprint density at radius 3 is 2.70 bits per heavy atom. The highest BCUT2D eigenvalue weighted by atomic mass is 35.5. The zero-order valence-corrected chi connectivity index (χ0v) is 14.3. The summed E-state index contributed by atoms with van der Waals surface area (Å²) < 4.78 is 43.1. The first-order chi connectivity index (χ1) is 10.6. The zero-order valence-electron chi connectivity index (χ0n) is 13.5. The van der Waals surface area contributed by atoms with E-state index in [1.54, 1.807) is 13.8 Å². The molecule has 0 aromatic rings. The van der Waals surface area contributed by atoms with Gasteiger partial charge in [-0.15, -0.1) is 0 Å². The minimum Gasteiger partial charge on any atom is -0.461 e. The predicted octanol–water partition coefficient (Wildman–Crippen LogP) is 5.38. The Balaban J connectivity index is 1.94. The number of carbonyl (C=O) groups is 1. The van der Waals surface area contributed by atoms with Gasteiger partial charge in [0.05, 0.1) is 5.92 Å². The molecule has 0 N–H and O–H groups in total. The lowest BCUT2D eigenvalue weighted by Gasteiger charge is -2.13. The number of alkyl halides is 3. The number of rotatable bonds is 5. The Morgan fingerprint density at radius 2 is 2.13 bits per heavy atom. The van der Waals surface area contributed by atoms with Gasteiger partial charge in [0, 0.05) is 12.8 Å². The Morgan fingerprint density at radius 1 is 1.48 bits per heavy atom. The maximum atomic E-state index is 12.5. The van der Waals surface area contributed by atoms with E-state index >= 15 is 0 Å². The third-order valence-corrected chi connectivity index (χ3v) is 5.11. The molecule has 23 heavy (non-hydrogen) atoms. The Hall–Kier alpha value is -0.970. The molecule has 1 saturated carbocycles. The van der Waals surface area contributed by atoms with Crippen molar-refractivity contribution in [1.29, 1.82) is 0 Å². The molecule has 1 unspecified atom stereocenters. The van der Waals surface area contributed by atoms with Crippen LogP contribution in [0, 0.1) is 17.3 Å². The van der Waals surface area contributed by atoms with Crippen LogP contribution in [0.3, 0.4) is 0 Å². The van der Waals surface area contributed by atoms with Gasteiger partial charge in [0.25, 0.3) is 0 Å². The maximum absolute atomic E-state index is 12.5. The Labute approximate surface area is 139 Å². The first kappa shape index (κ1) is 18.4. The van der Waals surface area contributed by atoms with Crippen molar-refractivity contribution in [3.05, 3.63) is 22.8 Å². The molecule has 0 amide bonds. The van der Waals surface area contributed by atoms with Gasteiger partial charge in [0.1, 0.15) is 11.1 Å². The third kappa shape index (κ3) is 4.11. The molecule has 0 heterocycles. The van der Waals surface area contributed by atoms with Crippen molar-refractivity contribution in [2.75, 3.05) is 0 Å². The van der Waals surface area contributed by atoms with Crippen LogP contribution in [0.1, 0.15) is 46.5 Å². The summed E-state index contributed by atoms with van der Waals surface area (Å²) in [5.41, 5.74) is 0.734. The van der Waals surface area contributed by atoms with Crippen molar-refractivity contribution in [2.45, 2.75) is 58.7 Å². The highest BCUT2D eigenvalue weighted by molar-refractivity contribution is 6.30. The van der Waals surface area contributed by atoms with Gasteiger partial charge in [-0.1, -0.05) is 56.5 Å². The van der Waals surface area contributed by atoms with Gasteiger partial charge in [-0.3, -0.25) is 4.79 Å². The summed E-state index contributed by atoms with van der Waals surface area (Å²) in [4.78, 5) is 12.3. The highest BCUT2D eigenvalue weighted by Crippen LogP contribution is 2.60. The van der Waals surface area contributed by atoms with Crippen LogP contribution in [0.25, 0.3) is 0 Å². The van der Waals surface area contributed by atoms with Crippen LogP contribution in [-0.2, 0) is 9.53 Å². The van der Waals surface area contributed by atoms with Gasteiger partial charge < -0.3 is 4.74 Å². The van der Waals surface area contributed by atoms with Crippen LogP contribution in [-0.4, -0.2) is 18.2 Å². The number of ether oxygens (including phenoxy) is 1. The maximum Gasteiger partial charge on any atom is 0.426 e. The lowest BCUT2D eigenvalue weighted by molar-refractivity contribution is -0.151. The summed E-state index contributed by atoms with van der Waals surface area (Å²) in [7, 11) is 0. The molecule has 3 atom stereocenters. The largest absolute Gasteiger partial charge is 0.461 e. The number of halogens is 4. The lowest BCUT2D eigenvalue weighted by Crippen LogP contribution is -2.19. The summed E-state index contributed by atoms with van der Waals surface area (Å²) in [5, 5.41) is -1.17. The molecule has 0 bridgehead atoms. The van der Waals surface area contributed by atoms with Crippen LogP contribution in [0.15, 0.2) is 22.8 Å². The van der Waals surface area contributed by atoms with E-state index in [0.29, 0.717) is 6.42 Å². The monoisotopic (exact) mass is 350 g/mol. The molecule has 0 spiro atoms. The third-order valence-electron chi connectivity index (χ3n) is 4.77. The Kier molecular flexibility index (Phi) is 5.19. The van der Waals surface area contributed by atoms with E-state index in [1.807, 2.05) is 0 Å². The Bertz CT molecular complexity index is 534. The van der Waals surface area contributed by atoms with Crippen LogP contribution in [0.4, 0.5) is 13.2 Å². The van der Waals surface area contributed by atoms with Gasteiger partial charge >= 0.3 is 12.1 Å². The molecule has 2 aliphatic carbocycles. The fraction of sp³-hybridized carbons (Fsp3) is 0.706. The molecule has 0 radical (unpaired) electrons. The van der Waals surface area contributed by atoms with Gasteiger partial charge in [-0.05, 0) is 17.8 Å².